The minimum atomic E-state index is 0.909. The van der Waals surface area contributed by atoms with Crippen LogP contribution in [0.2, 0.25) is 0 Å². The zero-order valence-corrected chi connectivity index (χ0v) is 72.6. The van der Waals surface area contributed by atoms with Crippen LogP contribution in [0.4, 0.5) is 34.1 Å². The van der Waals surface area contributed by atoms with E-state index in [2.05, 4.69) is 459 Å². The molecule has 0 atom stereocenters. The normalized spacial score (nSPS) is 11.4. The zero-order valence-electron chi connectivity index (χ0n) is 69.4. The van der Waals surface area contributed by atoms with Gasteiger partial charge in [0.1, 0.15) is 22.3 Å². The molecule has 8 heteroatoms. The molecule has 0 saturated heterocycles. The molecule has 0 spiro atoms. The number of anilines is 6. The summed E-state index contributed by atoms with van der Waals surface area (Å²) in [6.45, 7) is 0. The molecule has 0 unspecified atom stereocenters. The molecule has 6 aromatic heterocycles. The molecule has 24 rings (SSSR count). The van der Waals surface area contributed by atoms with Crippen molar-refractivity contribution in [1.82, 2.24) is 0 Å². The molecular formula is C120H78N2O2S4. The molecule has 0 saturated carbocycles. The van der Waals surface area contributed by atoms with Crippen LogP contribution in [-0.2, 0) is 0 Å². The second-order valence-electron chi connectivity index (χ2n) is 32.2. The van der Waals surface area contributed by atoms with E-state index >= 15 is 0 Å². The molecule has 24 aromatic rings. The van der Waals surface area contributed by atoms with Crippen LogP contribution in [-0.4, -0.2) is 0 Å². The second kappa shape index (κ2) is 33.9. The van der Waals surface area contributed by atoms with Crippen LogP contribution in [0.3, 0.4) is 0 Å². The van der Waals surface area contributed by atoms with Crippen LogP contribution >= 0.6 is 45.3 Å². The smallest absolute Gasteiger partial charge is 0.143 e. The largest absolute Gasteiger partial charge is 0.455 e. The third-order valence-electron chi connectivity index (χ3n) is 24.4. The van der Waals surface area contributed by atoms with Gasteiger partial charge in [0, 0.05) is 105 Å². The summed E-state index contributed by atoms with van der Waals surface area (Å²) in [4.78, 5) is 12.3. The fraction of sp³-hybridized carbons (Fsp3) is 0. The van der Waals surface area contributed by atoms with Crippen molar-refractivity contribution in [2.45, 2.75) is 0 Å². The molecule has 0 aliphatic carbocycles. The van der Waals surface area contributed by atoms with Crippen molar-refractivity contribution in [3.63, 3.8) is 0 Å². The molecule has 0 fully saturated rings. The van der Waals surface area contributed by atoms with Gasteiger partial charge in [0.25, 0.3) is 0 Å². The van der Waals surface area contributed by atoms with Crippen molar-refractivity contribution >= 4 is 144 Å². The average Bonchev–Trinajstić information content (AvgIpc) is 1.62. The van der Waals surface area contributed by atoms with Crippen LogP contribution in [0.1, 0.15) is 0 Å². The van der Waals surface area contributed by atoms with Gasteiger partial charge in [-0.05, 0) is 233 Å². The van der Waals surface area contributed by atoms with E-state index in [1.165, 1.54) is 105 Å². The quantitative estimate of drug-likeness (QED) is 0.0857. The van der Waals surface area contributed by atoms with E-state index in [0.717, 1.165) is 123 Å². The van der Waals surface area contributed by atoms with Crippen molar-refractivity contribution in [1.29, 1.82) is 0 Å². The van der Waals surface area contributed by atoms with Crippen LogP contribution in [0, 0.1) is 0 Å². The van der Waals surface area contributed by atoms with Gasteiger partial charge in [-0.3, -0.25) is 0 Å². The Hall–Kier alpha value is -15.5. The molecule has 0 amide bonds. The first-order chi connectivity index (χ1) is 63.4. The summed E-state index contributed by atoms with van der Waals surface area (Å²) in [6.07, 6.45) is 0. The first-order valence-electron chi connectivity index (χ1n) is 43.1. The van der Waals surface area contributed by atoms with E-state index in [0.29, 0.717) is 0 Å². The molecule has 6 heterocycles. The first kappa shape index (κ1) is 77.3. The van der Waals surface area contributed by atoms with E-state index in [1.807, 2.05) is 69.6 Å². The molecule has 18 aromatic carbocycles. The molecule has 0 aliphatic rings. The lowest BCUT2D eigenvalue weighted by Crippen LogP contribution is -2.09. The van der Waals surface area contributed by atoms with E-state index in [-0.39, 0.29) is 0 Å². The van der Waals surface area contributed by atoms with Gasteiger partial charge in [-0.25, -0.2) is 0 Å². The Morgan fingerprint density at radius 2 is 0.391 bits per heavy atom. The highest BCUT2D eigenvalue weighted by Gasteiger charge is 2.21. The molecule has 128 heavy (non-hydrogen) atoms. The van der Waals surface area contributed by atoms with Crippen molar-refractivity contribution in [3.05, 3.63) is 473 Å². The highest BCUT2D eigenvalue weighted by Crippen LogP contribution is 2.47. The number of benzene rings is 18. The van der Waals surface area contributed by atoms with Gasteiger partial charge in [-0.2, -0.15) is 0 Å². The summed E-state index contributed by atoms with van der Waals surface area (Å²) < 4.78 is 15.4. The van der Waals surface area contributed by atoms with Crippen molar-refractivity contribution < 1.29 is 8.83 Å². The third kappa shape index (κ3) is 15.3. The summed E-state index contributed by atoms with van der Waals surface area (Å²) in [6, 6.07) is 171. The average molecular weight is 1710 g/mol. The van der Waals surface area contributed by atoms with Crippen LogP contribution in [0.5, 0.6) is 0 Å². The maximum atomic E-state index is 6.37. The SMILES string of the molecule is c1ccc(-c2ccc(-c3ccc(N(c4ccc(-c5ccc(-c6cc7ccccc7s6)cc5)cc4)c4ccc(-c5ccc(-c6cc7ccccc7s6)cc5)cc4)cc3)s2)cc1.c1ccc(-c2ccc(-c3ccc(N(c4ccc(-c5ccc(-c6cccc7c6oc6ccccc67)cc5)cc4)c4ccc(-c5ccc(-c6cccc7c6oc6ccccc67)cc5)cc4)cc3)s2)cc1. The van der Waals surface area contributed by atoms with Crippen LogP contribution in [0.25, 0.3) is 193 Å². The standard InChI is InChI=1S/C64H41NO2S.C56H37NS3/c1-2-10-48(11-3-1)61-40-41-62(68-61)49-32-38-52(39-33-49)65(50-34-28-44(29-35-50)42-20-24-46(25-21-42)53-14-8-16-57-55-12-4-6-18-59(55)66-63(53)57)51-36-30-45(31-37-51)43-22-26-47(27-23-43)54-15-9-17-58-56-13-5-7-19-60(56)67-64(54)58;1-2-8-42(9-3-1)53-34-35-54(58-53)43-26-32-50(33-27-43)57(48-28-22-40(23-29-48)38-14-18-44(19-15-38)55-36-46-10-4-6-12-51(46)59-55)49-30-24-41(25-31-49)39-16-20-45(21-17-39)56-37-47-11-5-7-13-52(47)60-56/h1-41H;1-37H. The maximum Gasteiger partial charge on any atom is 0.143 e. The lowest BCUT2D eigenvalue weighted by molar-refractivity contribution is 0.669. The molecule has 604 valence electrons. The van der Waals surface area contributed by atoms with Crippen LogP contribution in [0.15, 0.2) is 482 Å². The number of hydrogen-bond donors (Lipinski definition) is 0. The Labute approximate surface area is 758 Å². The number of fused-ring (bicyclic) bond motifs is 8. The lowest BCUT2D eigenvalue weighted by Gasteiger charge is -2.26. The van der Waals surface area contributed by atoms with Crippen molar-refractivity contribution in [3.8, 4) is 129 Å². The highest BCUT2D eigenvalue weighted by molar-refractivity contribution is 7.22. The molecule has 0 bridgehead atoms. The molecule has 4 nitrogen and oxygen atoms in total. The molecule has 0 N–H and O–H groups in total. The molecular weight excluding hydrogens is 1630 g/mol. The van der Waals surface area contributed by atoms with Crippen molar-refractivity contribution in [2.75, 3.05) is 9.80 Å². The van der Waals surface area contributed by atoms with Gasteiger partial charge in [0.2, 0.25) is 0 Å². The minimum absolute atomic E-state index is 0.909. The van der Waals surface area contributed by atoms with Gasteiger partial charge in [-0.1, -0.05) is 340 Å². The van der Waals surface area contributed by atoms with E-state index < -0.39 is 0 Å². The zero-order chi connectivity index (χ0) is 84.8. The monoisotopic (exact) mass is 1710 g/mol. The summed E-state index contributed by atoms with van der Waals surface area (Å²) in [5, 5.41) is 7.15. The fourth-order valence-electron chi connectivity index (χ4n) is 17.7. The van der Waals surface area contributed by atoms with Crippen molar-refractivity contribution in [2.24, 2.45) is 0 Å². The maximum absolute atomic E-state index is 6.37. The Morgan fingerprint density at radius 3 is 0.703 bits per heavy atom. The van der Waals surface area contributed by atoms with E-state index in [9.17, 15) is 0 Å². The number of thiophene rings is 4. The van der Waals surface area contributed by atoms with Crippen LogP contribution < -0.4 is 9.80 Å². The fourth-order valence-corrected chi connectivity index (χ4v) is 21.9. The summed E-state index contributed by atoms with van der Waals surface area (Å²) in [5.41, 5.74) is 31.5. The van der Waals surface area contributed by atoms with Gasteiger partial charge < -0.3 is 18.6 Å². The van der Waals surface area contributed by atoms with Gasteiger partial charge >= 0.3 is 0 Å². The Bertz CT molecular complexity index is 7660. The number of hydrogen-bond acceptors (Lipinski definition) is 8. The predicted molar refractivity (Wildman–Crippen MR) is 549 cm³/mol. The Balaban J connectivity index is 0.000000148. The van der Waals surface area contributed by atoms with E-state index in [4.69, 9.17) is 8.83 Å². The van der Waals surface area contributed by atoms with Gasteiger partial charge in [0.15, 0.2) is 0 Å². The minimum Gasteiger partial charge on any atom is -0.455 e. The van der Waals surface area contributed by atoms with Gasteiger partial charge in [0.05, 0.1) is 0 Å². The number of furan rings is 2. The summed E-state index contributed by atoms with van der Waals surface area (Å²) in [7, 11) is 0. The predicted octanol–water partition coefficient (Wildman–Crippen LogP) is 36.7. The summed E-state index contributed by atoms with van der Waals surface area (Å²) >= 11 is 7.35. The topological polar surface area (TPSA) is 32.8 Å². The number of nitrogens with zero attached hydrogens (tertiary/aromatic N) is 2. The summed E-state index contributed by atoms with van der Waals surface area (Å²) in [5.74, 6) is 0. The highest BCUT2D eigenvalue weighted by atomic mass is 32.1. The lowest BCUT2D eigenvalue weighted by atomic mass is 9.98. The van der Waals surface area contributed by atoms with Gasteiger partial charge in [-0.15, -0.1) is 45.3 Å². The number of rotatable bonds is 18. The third-order valence-corrected chi connectivity index (χ3v) is 29.1. The number of para-hydroxylation sites is 4. The Kier molecular flexibility index (Phi) is 20.4. The van der Waals surface area contributed by atoms with E-state index in [1.54, 1.807) is 0 Å². The second-order valence-corrected chi connectivity index (χ2v) is 36.5. The first-order valence-corrected chi connectivity index (χ1v) is 46.4. The molecule has 0 aliphatic heterocycles. The Morgan fingerprint density at radius 1 is 0.156 bits per heavy atom. The molecule has 0 radical (unpaired) electrons.